The molecule has 4 heteroatoms. The molecule has 1 saturated heterocycles. The molecule has 1 aliphatic heterocycles. The third-order valence-corrected chi connectivity index (χ3v) is 2.83. The first kappa shape index (κ1) is 9.54. The van der Waals surface area contributed by atoms with Gasteiger partial charge in [-0.1, -0.05) is 0 Å². The topological polar surface area (TPSA) is 38.2 Å². The van der Waals surface area contributed by atoms with Crippen molar-refractivity contribution in [2.75, 3.05) is 31.2 Å². The first-order chi connectivity index (χ1) is 7.95. The second-order valence-corrected chi connectivity index (χ2v) is 3.80. The van der Waals surface area contributed by atoms with Gasteiger partial charge in [0.1, 0.15) is 5.52 Å². The molecule has 2 aromatic rings. The number of ether oxygens (including phenoxy) is 1. The Labute approximate surface area is 93.9 Å². The highest BCUT2D eigenvalue weighted by molar-refractivity contribution is 5.87. The summed E-state index contributed by atoms with van der Waals surface area (Å²) in [6.07, 6.45) is 3.66. The molecule has 0 atom stereocenters. The van der Waals surface area contributed by atoms with Crippen LogP contribution in [0.1, 0.15) is 0 Å². The Bertz CT molecular complexity index is 489. The SMILES string of the molecule is c1cnc2c(N3CCOCC3)ccnc2c1. The van der Waals surface area contributed by atoms with Gasteiger partial charge in [0.15, 0.2) is 0 Å². The molecule has 0 aromatic carbocycles. The van der Waals surface area contributed by atoms with Crippen LogP contribution in [0, 0.1) is 0 Å². The fourth-order valence-corrected chi connectivity index (χ4v) is 2.02. The molecule has 1 fully saturated rings. The average molecular weight is 215 g/mol. The van der Waals surface area contributed by atoms with E-state index in [0.29, 0.717) is 0 Å². The summed E-state index contributed by atoms with van der Waals surface area (Å²) in [7, 11) is 0. The summed E-state index contributed by atoms with van der Waals surface area (Å²) in [6, 6.07) is 5.94. The number of morpholine rings is 1. The number of nitrogens with zero attached hydrogens (tertiary/aromatic N) is 3. The summed E-state index contributed by atoms with van der Waals surface area (Å²) in [6.45, 7) is 3.43. The summed E-state index contributed by atoms with van der Waals surface area (Å²) >= 11 is 0. The average Bonchev–Trinajstić information content (AvgIpc) is 2.39. The predicted octanol–water partition coefficient (Wildman–Crippen LogP) is 1.47. The van der Waals surface area contributed by atoms with Gasteiger partial charge in [0.05, 0.1) is 24.4 Å². The Morgan fingerprint density at radius 3 is 2.81 bits per heavy atom. The quantitative estimate of drug-likeness (QED) is 0.722. The maximum atomic E-state index is 5.36. The zero-order valence-corrected chi connectivity index (χ0v) is 8.97. The van der Waals surface area contributed by atoms with Crippen molar-refractivity contribution in [3.63, 3.8) is 0 Å². The van der Waals surface area contributed by atoms with Crippen molar-refractivity contribution in [3.8, 4) is 0 Å². The predicted molar refractivity (Wildman–Crippen MR) is 62.6 cm³/mol. The van der Waals surface area contributed by atoms with E-state index in [-0.39, 0.29) is 0 Å². The van der Waals surface area contributed by atoms with E-state index in [1.807, 2.05) is 30.6 Å². The van der Waals surface area contributed by atoms with Crippen molar-refractivity contribution in [1.82, 2.24) is 9.97 Å². The summed E-state index contributed by atoms with van der Waals surface area (Å²) in [5, 5.41) is 0. The molecule has 2 aromatic heterocycles. The minimum Gasteiger partial charge on any atom is -0.378 e. The monoisotopic (exact) mass is 215 g/mol. The van der Waals surface area contributed by atoms with Gasteiger partial charge < -0.3 is 9.64 Å². The molecule has 1 aliphatic rings. The molecule has 0 aliphatic carbocycles. The van der Waals surface area contributed by atoms with Crippen molar-refractivity contribution in [3.05, 3.63) is 30.6 Å². The first-order valence-corrected chi connectivity index (χ1v) is 5.47. The Hall–Kier alpha value is -1.68. The van der Waals surface area contributed by atoms with Crippen molar-refractivity contribution in [2.24, 2.45) is 0 Å². The lowest BCUT2D eigenvalue weighted by Crippen LogP contribution is -2.36. The van der Waals surface area contributed by atoms with Crippen molar-refractivity contribution < 1.29 is 4.74 Å². The van der Waals surface area contributed by atoms with Gasteiger partial charge in [-0.3, -0.25) is 9.97 Å². The van der Waals surface area contributed by atoms with Gasteiger partial charge in [0, 0.05) is 25.5 Å². The molecule has 4 nitrogen and oxygen atoms in total. The van der Waals surface area contributed by atoms with Crippen LogP contribution in [0.4, 0.5) is 5.69 Å². The third-order valence-electron chi connectivity index (χ3n) is 2.83. The molecule has 3 heterocycles. The largest absolute Gasteiger partial charge is 0.378 e. The first-order valence-electron chi connectivity index (χ1n) is 5.47. The molecule has 82 valence electrons. The number of fused-ring (bicyclic) bond motifs is 1. The number of pyridine rings is 2. The van der Waals surface area contributed by atoms with Crippen LogP contribution >= 0.6 is 0 Å². The van der Waals surface area contributed by atoms with Crippen LogP contribution in [0.3, 0.4) is 0 Å². The van der Waals surface area contributed by atoms with Gasteiger partial charge >= 0.3 is 0 Å². The van der Waals surface area contributed by atoms with Gasteiger partial charge in [0.25, 0.3) is 0 Å². The Morgan fingerprint density at radius 1 is 1.06 bits per heavy atom. The van der Waals surface area contributed by atoms with Gasteiger partial charge in [-0.25, -0.2) is 0 Å². The lowest BCUT2D eigenvalue weighted by molar-refractivity contribution is 0.123. The number of hydrogen-bond donors (Lipinski definition) is 0. The van der Waals surface area contributed by atoms with Crippen LogP contribution in [0.2, 0.25) is 0 Å². The fourth-order valence-electron chi connectivity index (χ4n) is 2.02. The van der Waals surface area contributed by atoms with E-state index in [4.69, 9.17) is 4.74 Å². The van der Waals surface area contributed by atoms with Crippen molar-refractivity contribution in [2.45, 2.75) is 0 Å². The van der Waals surface area contributed by atoms with Crippen LogP contribution in [-0.2, 0) is 4.74 Å². The normalized spacial score (nSPS) is 16.6. The fraction of sp³-hybridized carbons (Fsp3) is 0.333. The molecule has 3 rings (SSSR count). The smallest absolute Gasteiger partial charge is 0.112 e. The molecule has 0 amide bonds. The Morgan fingerprint density at radius 2 is 1.94 bits per heavy atom. The van der Waals surface area contributed by atoms with Crippen LogP contribution in [0.5, 0.6) is 0 Å². The van der Waals surface area contributed by atoms with Crippen LogP contribution in [0.15, 0.2) is 30.6 Å². The minimum atomic E-state index is 0.788. The molecular weight excluding hydrogens is 202 g/mol. The summed E-state index contributed by atoms with van der Waals surface area (Å²) in [5.41, 5.74) is 3.09. The highest BCUT2D eigenvalue weighted by atomic mass is 16.5. The van der Waals surface area contributed by atoms with Crippen LogP contribution in [0.25, 0.3) is 11.0 Å². The number of anilines is 1. The Balaban J connectivity index is 2.08. The maximum absolute atomic E-state index is 5.36. The molecule has 16 heavy (non-hydrogen) atoms. The molecule has 0 radical (unpaired) electrons. The second-order valence-electron chi connectivity index (χ2n) is 3.80. The van der Waals surface area contributed by atoms with E-state index < -0.39 is 0 Å². The second kappa shape index (κ2) is 4.06. The Kier molecular flexibility index (Phi) is 2.42. The molecule has 0 N–H and O–H groups in total. The highest BCUT2D eigenvalue weighted by Gasteiger charge is 2.14. The zero-order valence-electron chi connectivity index (χ0n) is 8.97. The minimum absolute atomic E-state index is 0.788. The maximum Gasteiger partial charge on any atom is 0.112 e. The molecular formula is C12H13N3O. The number of aromatic nitrogens is 2. The van der Waals surface area contributed by atoms with E-state index >= 15 is 0 Å². The van der Waals surface area contributed by atoms with Gasteiger partial charge in [-0.05, 0) is 18.2 Å². The molecule has 0 unspecified atom stereocenters. The van der Waals surface area contributed by atoms with E-state index in [2.05, 4.69) is 14.9 Å². The van der Waals surface area contributed by atoms with E-state index in [1.54, 1.807) is 0 Å². The molecule has 0 spiro atoms. The van der Waals surface area contributed by atoms with E-state index in [9.17, 15) is 0 Å². The van der Waals surface area contributed by atoms with E-state index in [0.717, 1.165) is 43.0 Å². The van der Waals surface area contributed by atoms with Crippen LogP contribution < -0.4 is 4.90 Å². The summed E-state index contributed by atoms with van der Waals surface area (Å²) in [5.74, 6) is 0. The molecule has 0 bridgehead atoms. The summed E-state index contributed by atoms with van der Waals surface area (Å²) < 4.78 is 5.36. The van der Waals surface area contributed by atoms with Crippen molar-refractivity contribution in [1.29, 1.82) is 0 Å². The van der Waals surface area contributed by atoms with Crippen LogP contribution in [-0.4, -0.2) is 36.3 Å². The van der Waals surface area contributed by atoms with Gasteiger partial charge in [-0.15, -0.1) is 0 Å². The standard InChI is InChI=1S/C12H13N3O/c1-2-10-12(14-4-1)11(3-5-13-10)15-6-8-16-9-7-15/h1-5H,6-9H2. The lowest BCUT2D eigenvalue weighted by atomic mass is 10.2. The number of hydrogen-bond acceptors (Lipinski definition) is 4. The summed E-state index contributed by atoms with van der Waals surface area (Å²) in [4.78, 5) is 11.0. The molecule has 0 saturated carbocycles. The number of rotatable bonds is 1. The highest BCUT2D eigenvalue weighted by Crippen LogP contribution is 2.23. The van der Waals surface area contributed by atoms with Gasteiger partial charge in [0.2, 0.25) is 0 Å². The zero-order chi connectivity index (χ0) is 10.8. The lowest BCUT2D eigenvalue weighted by Gasteiger charge is -2.29. The van der Waals surface area contributed by atoms with E-state index in [1.165, 1.54) is 0 Å². The van der Waals surface area contributed by atoms with Gasteiger partial charge in [-0.2, -0.15) is 0 Å². The third kappa shape index (κ3) is 1.61. The van der Waals surface area contributed by atoms with Crippen molar-refractivity contribution >= 4 is 16.7 Å².